The second-order valence-corrected chi connectivity index (χ2v) is 9.22. The average molecular weight is 490 g/mol. The van der Waals surface area contributed by atoms with E-state index >= 15 is 0 Å². The quantitative estimate of drug-likeness (QED) is 0.288. The van der Waals surface area contributed by atoms with Crippen LogP contribution in [-0.2, 0) is 14.8 Å². The normalized spacial score (nSPS) is 11.6. The third-order valence-electron chi connectivity index (χ3n) is 4.19. The molecule has 0 bridgehead atoms. The summed E-state index contributed by atoms with van der Waals surface area (Å²) < 4.78 is 56.2. The number of halogens is 2. The number of carbonyl (C=O) groups excluding carboxylic acids is 1. The minimum absolute atomic E-state index is 0.201. The second kappa shape index (κ2) is 11.2. The van der Waals surface area contributed by atoms with Crippen molar-refractivity contribution >= 4 is 39.1 Å². The van der Waals surface area contributed by atoms with Crippen molar-refractivity contribution < 1.29 is 31.7 Å². The number of hydrogen-bond acceptors (Lipinski definition) is 7. The molecule has 1 amide bonds. The topological polar surface area (TPSA) is 119 Å². The number of nitro groups is 1. The van der Waals surface area contributed by atoms with Gasteiger partial charge in [0.25, 0.3) is 11.7 Å². The van der Waals surface area contributed by atoms with Gasteiger partial charge >= 0.3 is 5.69 Å². The van der Waals surface area contributed by atoms with Crippen molar-refractivity contribution in [2.75, 3.05) is 25.0 Å². The Morgan fingerprint density at radius 2 is 1.81 bits per heavy atom. The molecule has 0 aromatic heterocycles. The van der Waals surface area contributed by atoms with Crippen LogP contribution < -0.4 is 10.1 Å². The van der Waals surface area contributed by atoms with Gasteiger partial charge in [-0.1, -0.05) is 25.6 Å². The predicted octanol–water partition coefficient (Wildman–Crippen LogP) is 3.96. The Morgan fingerprint density at radius 3 is 2.34 bits per heavy atom. The van der Waals surface area contributed by atoms with Crippen LogP contribution in [0.2, 0.25) is 0 Å². The first-order chi connectivity index (χ1) is 15.1. The number of carbonyl (C=O) groups is 1. The maximum Gasteiger partial charge on any atom is 0.312 e. The summed E-state index contributed by atoms with van der Waals surface area (Å²) in [5.74, 6) is -3.48. The summed E-state index contributed by atoms with van der Waals surface area (Å²) in [4.78, 5) is 22.8. The van der Waals surface area contributed by atoms with Gasteiger partial charge in [0.15, 0.2) is 12.4 Å². The molecule has 174 valence electrons. The van der Waals surface area contributed by atoms with Crippen molar-refractivity contribution in [3.8, 4) is 5.75 Å². The number of benzene rings is 2. The Morgan fingerprint density at radius 1 is 1.19 bits per heavy atom. The van der Waals surface area contributed by atoms with E-state index in [1.165, 1.54) is 30.3 Å². The number of ether oxygens (including phenoxy) is 1. The van der Waals surface area contributed by atoms with Gasteiger partial charge < -0.3 is 10.1 Å². The van der Waals surface area contributed by atoms with Crippen LogP contribution in [0.25, 0.3) is 0 Å². The number of nitrogens with one attached hydrogen (secondary N) is 1. The first kappa shape index (κ1) is 25.5. The lowest BCUT2D eigenvalue weighted by Gasteiger charge is -2.18. The fourth-order valence-electron chi connectivity index (χ4n) is 2.70. The van der Waals surface area contributed by atoms with Gasteiger partial charge in [0.1, 0.15) is 0 Å². The highest BCUT2D eigenvalue weighted by atomic mass is 32.2. The predicted molar refractivity (Wildman–Crippen MR) is 116 cm³/mol. The van der Waals surface area contributed by atoms with Crippen molar-refractivity contribution in [1.82, 2.24) is 4.31 Å². The van der Waals surface area contributed by atoms with Gasteiger partial charge in [-0.25, -0.2) is 8.42 Å². The number of rotatable bonds is 11. The van der Waals surface area contributed by atoms with Crippen molar-refractivity contribution in [3.05, 3.63) is 52.6 Å². The van der Waals surface area contributed by atoms with Gasteiger partial charge in [-0.3, -0.25) is 14.9 Å². The molecule has 0 radical (unpaired) electrons. The molecule has 2 aromatic rings. The number of nitrogens with zero attached hydrogens (tertiary/aromatic N) is 2. The van der Waals surface area contributed by atoms with Gasteiger partial charge in [0.05, 0.1) is 9.82 Å². The first-order valence-electron chi connectivity index (χ1n) is 9.34. The van der Waals surface area contributed by atoms with E-state index in [0.717, 1.165) is 16.4 Å². The Bertz CT molecular complexity index is 1060. The number of hydrogen-bond donors (Lipinski definition) is 1. The maximum atomic E-state index is 12.6. The molecule has 2 rings (SSSR count). The largest absolute Gasteiger partial charge is 0.477 e. The highest BCUT2D eigenvalue weighted by Crippen LogP contribution is 2.31. The molecule has 0 aliphatic rings. The molecule has 0 aliphatic carbocycles. The van der Waals surface area contributed by atoms with Crippen molar-refractivity contribution in [1.29, 1.82) is 0 Å². The van der Waals surface area contributed by atoms with Gasteiger partial charge in [-0.15, -0.1) is 0 Å². The fourth-order valence-corrected chi connectivity index (χ4v) is 4.67. The van der Waals surface area contributed by atoms with E-state index in [2.05, 4.69) is 5.32 Å². The number of thioether (sulfide) groups is 1. The molecular weight excluding hydrogens is 468 g/mol. The SMILES string of the molecule is CCN(CC)S(=O)(=O)c1ccc(OCC(=O)Nc2ccc(SC(F)F)cc2)c([N+](=O)[O-])c1. The van der Waals surface area contributed by atoms with Gasteiger partial charge in [0, 0.05) is 29.7 Å². The summed E-state index contributed by atoms with van der Waals surface area (Å²) in [5.41, 5.74) is -0.271. The summed E-state index contributed by atoms with van der Waals surface area (Å²) in [6.07, 6.45) is 0. The number of sulfonamides is 1. The maximum absolute atomic E-state index is 12.6. The van der Waals surface area contributed by atoms with Crippen molar-refractivity contribution in [3.63, 3.8) is 0 Å². The molecule has 0 unspecified atom stereocenters. The lowest BCUT2D eigenvalue weighted by atomic mass is 10.3. The molecule has 0 aliphatic heterocycles. The van der Waals surface area contributed by atoms with E-state index in [4.69, 9.17) is 4.74 Å². The smallest absolute Gasteiger partial charge is 0.312 e. The van der Waals surface area contributed by atoms with Crippen LogP contribution >= 0.6 is 11.8 Å². The van der Waals surface area contributed by atoms with Crippen LogP contribution in [0.5, 0.6) is 5.75 Å². The zero-order valence-electron chi connectivity index (χ0n) is 17.2. The van der Waals surface area contributed by atoms with E-state index in [9.17, 15) is 32.1 Å². The van der Waals surface area contributed by atoms with Crippen LogP contribution in [-0.4, -0.2) is 49.0 Å². The Hall–Kier alpha value is -2.77. The van der Waals surface area contributed by atoms with Crippen LogP contribution in [0, 0.1) is 10.1 Å². The first-order valence-corrected chi connectivity index (χ1v) is 11.7. The number of amides is 1. The highest BCUT2D eigenvalue weighted by Gasteiger charge is 2.26. The molecule has 13 heteroatoms. The zero-order valence-corrected chi connectivity index (χ0v) is 18.8. The number of alkyl halides is 2. The van der Waals surface area contributed by atoms with E-state index in [-0.39, 0.29) is 23.7 Å². The Balaban J connectivity index is 2.10. The Labute approximate surface area is 187 Å². The lowest BCUT2D eigenvalue weighted by Crippen LogP contribution is -2.30. The molecule has 0 spiro atoms. The van der Waals surface area contributed by atoms with Gasteiger partial charge in [0.2, 0.25) is 10.0 Å². The van der Waals surface area contributed by atoms with E-state index < -0.39 is 38.9 Å². The molecule has 0 saturated heterocycles. The summed E-state index contributed by atoms with van der Waals surface area (Å²) in [6.45, 7) is 3.11. The standard InChI is InChI=1S/C19H21F2N3O6S2/c1-3-23(4-2)32(28,29)15-9-10-17(16(11-15)24(26)27)30-12-18(25)22-13-5-7-14(8-6-13)31-19(20)21/h5-11,19H,3-4,12H2,1-2H3,(H,22,25). The molecule has 9 nitrogen and oxygen atoms in total. The highest BCUT2D eigenvalue weighted by molar-refractivity contribution is 7.99. The van der Waals surface area contributed by atoms with Crippen molar-refractivity contribution in [2.45, 2.75) is 29.4 Å². The van der Waals surface area contributed by atoms with Gasteiger partial charge in [-0.05, 0) is 36.4 Å². The summed E-state index contributed by atoms with van der Waals surface area (Å²) >= 11 is 0.365. The lowest BCUT2D eigenvalue weighted by molar-refractivity contribution is -0.386. The van der Waals surface area contributed by atoms with E-state index in [0.29, 0.717) is 22.3 Å². The Kier molecular flexibility index (Phi) is 8.92. The fraction of sp³-hybridized carbons (Fsp3) is 0.316. The van der Waals surface area contributed by atoms with E-state index in [1.807, 2.05) is 0 Å². The van der Waals surface area contributed by atoms with Crippen LogP contribution in [0.3, 0.4) is 0 Å². The van der Waals surface area contributed by atoms with Crippen LogP contribution in [0.15, 0.2) is 52.3 Å². The van der Waals surface area contributed by atoms with E-state index in [1.54, 1.807) is 13.8 Å². The third-order valence-corrected chi connectivity index (χ3v) is 6.96. The summed E-state index contributed by atoms with van der Waals surface area (Å²) in [7, 11) is -3.91. The van der Waals surface area contributed by atoms with Crippen molar-refractivity contribution in [2.24, 2.45) is 0 Å². The third kappa shape index (κ3) is 6.61. The van der Waals surface area contributed by atoms with Gasteiger partial charge in [-0.2, -0.15) is 13.1 Å². The van der Waals surface area contributed by atoms with Crippen LogP contribution in [0.1, 0.15) is 13.8 Å². The second-order valence-electron chi connectivity index (χ2n) is 6.22. The molecule has 2 aromatic carbocycles. The molecule has 32 heavy (non-hydrogen) atoms. The molecule has 0 heterocycles. The molecule has 0 fully saturated rings. The number of nitro benzene ring substituents is 1. The zero-order chi connectivity index (χ0) is 23.9. The molecular formula is C19H21F2N3O6S2. The summed E-state index contributed by atoms with van der Waals surface area (Å²) in [6, 6.07) is 8.86. The summed E-state index contributed by atoms with van der Waals surface area (Å²) in [5, 5.41) is 13.9. The molecule has 1 N–H and O–H groups in total. The molecule has 0 saturated carbocycles. The molecule has 0 atom stereocenters. The minimum Gasteiger partial charge on any atom is -0.477 e. The monoisotopic (exact) mass is 489 g/mol. The number of anilines is 1. The minimum atomic E-state index is -3.91. The van der Waals surface area contributed by atoms with Crippen LogP contribution in [0.4, 0.5) is 20.2 Å². The average Bonchev–Trinajstić information content (AvgIpc) is 2.73.